The first-order chi connectivity index (χ1) is 11.6. The van der Waals surface area contributed by atoms with Gasteiger partial charge in [-0.2, -0.15) is 5.10 Å². The van der Waals surface area contributed by atoms with Gasteiger partial charge in [-0.05, 0) is 48.9 Å². The fourth-order valence-corrected chi connectivity index (χ4v) is 2.97. The second kappa shape index (κ2) is 5.49. The van der Waals surface area contributed by atoms with Crippen LogP contribution in [0.3, 0.4) is 0 Å². The van der Waals surface area contributed by atoms with E-state index in [2.05, 4.69) is 10.4 Å². The van der Waals surface area contributed by atoms with Gasteiger partial charge in [-0.15, -0.1) is 0 Å². The Morgan fingerprint density at radius 3 is 2.75 bits per heavy atom. The Morgan fingerprint density at radius 1 is 1.21 bits per heavy atom. The van der Waals surface area contributed by atoms with Gasteiger partial charge >= 0.3 is 5.97 Å². The fraction of sp³-hybridized carbons (Fsp3) is 0.111. The number of hydrogen-bond acceptors (Lipinski definition) is 3. The highest BCUT2D eigenvalue weighted by atomic mass is 19.1. The summed E-state index contributed by atoms with van der Waals surface area (Å²) in [4.78, 5) is 11.2. The molecule has 2 N–H and O–H groups in total. The number of halogens is 1. The van der Waals surface area contributed by atoms with Crippen molar-refractivity contribution in [1.82, 2.24) is 9.78 Å². The summed E-state index contributed by atoms with van der Waals surface area (Å²) in [5.41, 5.74) is 3.56. The molecule has 0 bridgehead atoms. The molecule has 1 aromatic heterocycles. The number of carbonyl (C=O) groups is 1. The van der Waals surface area contributed by atoms with Gasteiger partial charge in [0.1, 0.15) is 11.6 Å². The Hall–Kier alpha value is -3.15. The topological polar surface area (TPSA) is 67.1 Å². The van der Waals surface area contributed by atoms with E-state index in [-0.39, 0.29) is 11.4 Å². The summed E-state index contributed by atoms with van der Waals surface area (Å²) in [7, 11) is 0. The number of aromatic nitrogens is 2. The molecule has 3 aromatic rings. The molecule has 2 aromatic carbocycles. The zero-order valence-electron chi connectivity index (χ0n) is 12.7. The van der Waals surface area contributed by atoms with Gasteiger partial charge in [0.15, 0.2) is 0 Å². The van der Waals surface area contributed by atoms with E-state index in [0.717, 1.165) is 35.6 Å². The number of carboxylic acid groups (broad SMARTS) is 1. The summed E-state index contributed by atoms with van der Waals surface area (Å²) in [5.74, 6) is -0.411. The number of rotatable bonds is 3. The molecule has 2 heterocycles. The Kier molecular flexibility index (Phi) is 3.30. The van der Waals surface area contributed by atoms with E-state index in [1.165, 1.54) is 12.1 Å². The van der Waals surface area contributed by atoms with Crippen molar-refractivity contribution in [3.05, 3.63) is 65.5 Å². The Bertz CT molecular complexity index is 932. The lowest BCUT2D eigenvalue weighted by molar-refractivity contribution is 0.0697. The van der Waals surface area contributed by atoms with E-state index < -0.39 is 5.97 Å². The monoisotopic (exact) mass is 323 g/mol. The summed E-state index contributed by atoms with van der Waals surface area (Å²) in [6, 6.07) is 12.9. The van der Waals surface area contributed by atoms with Crippen LogP contribution in [0.5, 0.6) is 0 Å². The molecular weight excluding hydrogens is 309 g/mol. The van der Waals surface area contributed by atoms with Crippen molar-refractivity contribution in [3.8, 4) is 16.9 Å². The molecule has 120 valence electrons. The van der Waals surface area contributed by atoms with Gasteiger partial charge in [0.2, 0.25) is 0 Å². The molecule has 24 heavy (non-hydrogen) atoms. The van der Waals surface area contributed by atoms with Crippen molar-refractivity contribution in [2.45, 2.75) is 6.42 Å². The van der Waals surface area contributed by atoms with E-state index in [4.69, 9.17) is 0 Å². The molecule has 0 atom stereocenters. The van der Waals surface area contributed by atoms with E-state index in [9.17, 15) is 14.3 Å². The summed E-state index contributed by atoms with van der Waals surface area (Å²) in [6.07, 6.45) is 0.820. The van der Waals surface area contributed by atoms with Gasteiger partial charge < -0.3 is 10.4 Å². The predicted molar refractivity (Wildman–Crippen MR) is 88.1 cm³/mol. The van der Waals surface area contributed by atoms with Crippen LogP contribution in [0.4, 0.5) is 10.2 Å². The van der Waals surface area contributed by atoms with Crippen LogP contribution in [-0.4, -0.2) is 27.4 Å². The van der Waals surface area contributed by atoms with Gasteiger partial charge in [-0.3, -0.25) is 0 Å². The molecule has 0 amide bonds. The lowest BCUT2D eigenvalue weighted by Gasteiger charge is -2.07. The SMILES string of the molecule is O=C(O)c1cccc(-n2nc(-c3ccc(F)cc3)c3c2NCC3)c1. The van der Waals surface area contributed by atoms with Crippen LogP contribution < -0.4 is 5.32 Å². The molecule has 1 aliphatic rings. The zero-order chi connectivity index (χ0) is 16.7. The summed E-state index contributed by atoms with van der Waals surface area (Å²) in [5, 5.41) is 17.1. The van der Waals surface area contributed by atoms with Gasteiger partial charge in [0, 0.05) is 17.7 Å². The number of benzene rings is 2. The maximum absolute atomic E-state index is 13.2. The third-order valence-electron chi connectivity index (χ3n) is 4.11. The van der Waals surface area contributed by atoms with Crippen LogP contribution >= 0.6 is 0 Å². The Labute approximate surface area is 137 Å². The zero-order valence-corrected chi connectivity index (χ0v) is 12.7. The van der Waals surface area contributed by atoms with Gasteiger partial charge in [-0.25, -0.2) is 13.9 Å². The number of nitrogens with zero attached hydrogens (tertiary/aromatic N) is 2. The fourth-order valence-electron chi connectivity index (χ4n) is 2.97. The lowest BCUT2D eigenvalue weighted by atomic mass is 10.1. The molecule has 0 radical (unpaired) electrons. The highest BCUT2D eigenvalue weighted by Crippen LogP contribution is 2.34. The van der Waals surface area contributed by atoms with Crippen molar-refractivity contribution in [2.75, 3.05) is 11.9 Å². The summed E-state index contributed by atoms with van der Waals surface area (Å²) < 4.78 is 14.9. The average molecular weight is 323 g/mol. The highest BCUT2D eigenvalue weighted by molar-refractivity contribution is 5.88. The van der Waals surface area contributed by atoms with Gasteiger partial charge in [-0.1, -0.05) is 6.07 Å². The van der Waals surface area contributed by atoms with Crippen LogP contribution in [0, 0.1) is 5.82 Å². The molecule has 1 aliphatic heterocycles. The van der Waals surface area contributed by atoms with Crippen molar-refractivity contribution in [3.63, 3.8) is 0 Å². The minimum Gasteiger partial charge on any atom is -0.478 e. The largest absolute Gasteiger partial charge is 0.478 e. The third kappa shape index (κ3) is 2.32. The maximum atomic E-state index is 13.2. The molecule has 0 saturated heterocycles. The van der Waals surface area contributed by atoms with E-state index >= 15 is 0 Å². The summed E-state index contributed by atoms with van der Waals surface area (Å²) >= 11 is 0. The van der Waals surface area contributed by atoms with Crippen molar-refractivity contribution in [1.29, 1.82) is 0 Å². The quantitative estimate of drug-likeness (QED) is 0.776. The van der Waals surface area contributed by atoms with Gasteiger partial charge in [0.05, 0.1) is 16.9 Å². The molecule has 5 nitrogen and oxygen atoms in total. The Balaban J connectivity index is 1.86. The summed E-state index contributed by atoms with van der Waals surface area (Å²) in [6.45, 7) is 0.792. The number of aromatic carboxylic acids is 1. The average Bonchev–Trinajstić information content (AvgIpc) is 3.18. The second-order valence-electron chi connectivity index (χ2n) is 5.63. The molecular formula is C18H14FN3O2. The number of carboxylic acids is 1. The van der Waals surface area contributed by atoms with E-state index in [1.54, 1.807) is 35.0 Å². The molecule has 0 spiro atoms. The number of nitrogens with one attached hydrogen (secondary N) is 1. The first-order valence-electron chi connectivity index (χ1n) is 7.59. The smallest absolute Gasteiger partial charge is 0.335 e. The van der Waals surface area contributed by atoms with Gasteiger partial charge in [0.25, 0.3) is 0 Å². The molecule has 6 heteroatoms. The number of hydrogen-bond donors (Lipinski definition) is 2. The first-order valence-corrected chi connectivity index (χ1v) is 7.59. The molecule has 0 unspecified atom stereocenters. The third-order valence-corrected chi connectivity index (χ3v) is 4.11. The van der Waals surface area contributed by atoms with Crippen LogP contribution in [0.15, 0.2) is 48.5 Å². The van der Waals surface area contributed by atoms with Crippen LogP contribution in [0.25, 0.3) is 16.9 Å². The molecule has 4 rings (SSSR count). The standard InChI is InChI=1S/C18H14FN3O2/c19-13-6-4-11(5-7-13)16-15-8-9-20-17(15)22(21-16)14-3-1-2-12(10-14)18(23)24/h1-7,10,20H,8-9H2,(H,23,24). The van der Waals surface area contributed by atoms with E-state index in [0.29, 0.717) is 5.69 Å². The molecule has 0 fully saturated rings. The number of fused-ring (bicyclic) bond motifs is 1. The molecule has 0 saturated carbocycles. The predicted octanol–water partition coefficient (Wildman–Crippen LogP) is 3.34. The second-order valence-corrected chi connectivity index (χ2v) is 5.63. The minimum absolute atomic E-state index is 0.207. The lowest BCUT2D eigenvalue weighted by Crippen LogP contribution is -2.05. The van der Waals surface area contributed by atoms with E-state index in [1.807, 2.05) is 6.07 Å². The van der Waals surface area contributed by atoms with Crippen LogP contribution in [0.2, 0.25) is 0 Å². The first kappa shape index (κ1) is 14.4. The van der Waals surface area contributed by atoms with Crippen molar-refractivity contribution >= 4 is 11.8 Å². The van der Waals surface area contributed by atoms with Crippen molar-refractivity contribution in [2.24, 2.45) is 0 Å². The van der Waals surface area contributed by atoms with Crippen molar-refractivity contribution < 1.29 is 14.3 Å². The molecule has 0 aliphatic carbocycles. The maximum Gasteiger partial charge on any atom is 0.335 e. The normalized spacial score (nSPS) is 12.7. The number of anilines is 1. The minimum atomic E-state index is -0.979. The van der Waals surface area contributed by atoms with Crippen LogP contribution in [-0.2, 0) is 6.42 Å². The van der Waals surface area contributed by atoms with Crippen LogP contribution in [0.1, 0.15) is 15.9 Å². The highest BCUT2D eigenvalue weighted by Gasteiger charge is 2.24. The Morgan fingerprint density at radius 2 is 2.00 bits per heavy atom.